The summed E-state index contributed by atoms with van der Waals surface area (Å²) in [6, 6.07) is 0. The summed E-state index contributed by atoms with van der Waals surface area (Å²) in [6.07, 6.45) is 3.54. The lowest BCUT2D eigenvalue weighted by molar-refractivity contribution is -0.0945. The average molecular weight is 130 g/mol. The molecule has 0 saturated carbocycles. The molecule has 0 spiro atoms. The third kappa shape index (κ3) is 3.09. The molecule has 1 atom stereocenters. The summed E-state index contributed by atoms with van der Waals surface area (Å²) in [4.78, 5) is 0. The Balaban J connectivity index is 3.57. The van der Waals surface area contributed by atoms with Crippen LogP contribution in [0.5, 0.6) is 0 Å². The molecule has 0 fully saturated rings. The minimum Gasteiger partial charge on any atom is -0.396 e. The Morgan fingerprint density at radius 2 is 2.00 bits per heavy atom. The van der Waals surface area contributed by atoms with Gasteiger partial charge in [-0.1, -0.05) is 0 Å². The van der Waals surface area contributed by atoms with Crippen molar-refractivity contribution in [3.8, 4) is 12.3 Å². The van der Waals surface area contributed by atoms with Crippen molar-refractivity contribution in [2.75, 3.05) is 6.61 Å². The van der Waals surface area contributed by atoms with Crippen LogP contribution in [0.2, 0.25) is 0 Å². The molecule has 52 valence electrons. The SMILES string of the molecule is C#CC[C@@H](CO)C(O)O. The van der Waals surface area contributed by atoms with E-state index in [1.807, 2.05) is 0 Å². The van der Waals surface area contributed by atoms with Crippen LogP contribution in [0, 0.1) is 18.3 Å². The van der Waals surface area contributed by atoms with E-state index in [4.69, 9.17) is 21.7 Å². The summed E-state index contributed by atoms with van der Waals surface area (Å²) < 4.78 is 0. The molecule has 0 aliphatic heterocycles. The normalized spacial score (nSPS) is 13.2. The maximum absolute atomic E-state index is 8.44. The summed E-state index contributed by atoms with van der Waals surface area (Å²) in [5, 5.41) is 25.3. The number of aliphatic hydroxyl groups is 3. The van der Waals surface area contributed by atoms with E-state index in [0.29, 0.717) is 0 Å². The van der Waals surface area contributed by atoms with Gasteiger partial charge in [0.05, 0.1) is 6.61 Å². The fraction of sp³-hybridized carbons (Fsp3) is 0.667. The second-order valence-corrected chi connectivity index (χ2v) is 1.76. The molecular weight excluding hydrogens is 120 g/mol. The zero-order chi connectivity index (χ0) is 7.28. The maximum atomic E-state index is 8.44. The highest BCUT2D eigenvalue weighted by atomic mass is 16.5. The van der Waals surface area contributed by atoms with Crippen molar-refractivity contribution >= 4 is 0 Å². The number of hydrogen-bond donors (Lipinski definition) is 3. The summed E-state index contributed by atoms with van der Waals surface area (Å²) in [5.74, 6) is 1.62. The van der Waals surface area contributed by atoms with Crippen LogP contribution in [0.15, 0.2) is 0 Å². The van der Waals surface area contributed by atoms with Crippen LogP contribution in [-0.4, -0.2) is 28.2 Å². The van der Waals surface area contributed by atoms with Gasteiger partial charge in [0.25, 0.3) is 0 Å². The molecule has 0 aromatic carbocycles. The first-order valence-electron chi connectivity index (χ1n) is 2.62. The Kier molecular flexibility index (Phi) is 4.06. The predicted molar refractivity (Wildman–Crippen MR) is 32.3 cm³/mol. The predicted octanol–water partition coefficient (Wildman–Crippen LogP) is -1.07. The highest BCUT2D eigenvalue weighted by molar-refractivity contribution is 4.87. The summed E-state index contributed by atoms with van der Waals surface area (Å²) in [7, 11) is 0. The van der Waals surface area contributed by atoms with Gasteiger partial charge in [-0.25, -0.2) is 0 Å². The third-order valence-corrected chi connectivity index (χ3v) is 1.04. The van der Waals surface area contributed by atoms with E-state index in [1.165, 1.54) is 0 Å². The van der Waals surface area contributed by atoms with Crippen LogP contribution in [0.1, 0.15) is 6.42 Å². The lowest BCUT2D eigenvalue weighted by Gasteiger charge is -2.11. The van der Waals surface area contributed by atoms with Crippen molar-refractivity contribution in [1.82, 2.24) is 0 Å². The fourth-order valence-electron chi connectivity index (χ4n) is 0.416. The van der Waals surface area contributed by atoms with Crippen LogP contribution < -0.4 is 0 Å². The second kappa shape index (κ2) is 4.33. The molecule has 0 amide bonds. The molecule has 9 heavy (non-hydrogen) atoms. The van der Waals surface area contributed by atoms with Crippen LogP contribution >= 0.6 is 0 Å². The van der Waals surface area contributed by atoms with Crippen LogP contribution in [0.4, 0.5) is 0 Å². The Morgan fingerprint density at radius 3 is 2.11 bits per heavy atom. The number of hydrogen-bond acceptors (Lipinski definition) is 3. The van der Waals surface area contributed by atoms with Gasteiger partial charge in [-0.2, -0.15) is 0 Å². The molecule has 0 heterocycles. The van der Waals surface area contributed by atoms with Crippen molar-refractivity contribution in [2.24, 2.45) is 5.92 Å². The monoisotopic (exact) mass is 130 g/mol. The van der Waals surface area contributed by atoms with Gasteiger partial charge >= 0.3 is 0 Å². The zero-order valence-electron chi connectivity index (χ0n) is 4.99. The van der Waals surface area contributed by atoms with E-state index >= 15 is 0 Å². The number of aliphatic hydroxyl groups excluding tert-OH is 2. The second-order valence-electron chi connectivity index (χ2n) is 1.76. The van der Waals surface area contributed by atoms with Crippen LogP contribution in [0.3, 0.4) is 0 Å². The van der Waals surface area contributed by atoms with Crippen LogP contribution in [0.25, 0.3) is 0 Å². The van der Waals surface area contributed by atoms with Gasteiger partial charge in [0.2, 0.25) is 0 Å². The molecule has 0 rings (SSSR count). The molecule has 3 nitrogen and oxygen atoms in total. The Morgan fingerprint density at radius 1 is 1.44 bits per heavy atom. The van der Waals surface area contributed by atoms with Gasteiger partial charge in [-0.15, -0.1) is 12.3 Å². The molecule has 0 radical (unpaired) electrons. The summed E-state index contributed by atoms with van der Waals surface area (Å²) in [6.45, 7) is -0.290. The molecule has 0 aliphatic rings. The molecule has 3 heteroatoms. The van der Waals surface area contributed by atoms with Gasteiger partial charge in [0.15, 0.2) is 6.29 Å². The fourth-order valence-corrected chi connectivity index (χ4v) is 0.416. The Bertz CT molecular complexity index is 103. The molecule has 0 bridgehead atoms. The zero-order valence-corrected chi connectivity index (χ0v) is 4.99. The van der Waals surface area contributed by atoms with Crippen molar-refractivity contribution in [2.45, 2.75) is 12.7 Å². The maximum Gasteiger partial charge on any atom is 0.157 e. The Labute approximate surface area is 53.9 Å². The molecule has 0 aromatic rings. The molecule has 3 N–H and O–H groups in total. The van der Waals surface area contributed by atoms with E-state index in [9.17, 15) is 0 Å². The topological polar surface area (TPSA) is 60.7 Å². The van der Waals surface area contributed by atoms with Crippen molar-refractivity contribution in [1.29, 1.82) is 0 Å². The molecular formula is C6H10O3. The van der Waals surface area contributed by atoms with E-state index in [1.54, 1.807) is 0 Å². The first-order valence-corrected chi connectivity index (χ1v) is 2.62. The molecule has 0 aromatic heterocycles. The first kappa shape index (κ1) is 8.44. The van der Waals surface area contributed by atoms with Gasteiger partial charge < -0.3 is 15.3 Å². The molecule has 0 unspecified atom stereocenters. The highest BCUT2D eigenvalue weighted by Crippen LogP contribution is 2.03. The quantitative estimate of drug-likeness (QED) is 0.337. The first-order chi connectivity index (χ1) is 4.22. The van der Waals surface area contributed by atoms with Crippen LogP contribution in [-0.2, 0) is 0 Å². The smallest absolute Gasteiger partial charge is 0.157 e. The van der Waals surface area contributed by atoms with E-state index in [0.717, 1.165) is 0 Å². The molecule has 0 aliphatic carbocycles. The lowest BCUT2D eigenvalue weighted by Crippen LogP contribution is -2.22. The average Bonchev–Trinajstić information content (AvgIpc) is 1.82. The minimum atomic E-state index is -1.51. The largest absolute Gasteiger partial charge is 0.396 e. The van der Waals surface area contributed by atoms with Gasteiger partial charge in [0, 0.05) is 12.3 Å². The number of terminal acetylenes is 1. The van der Waals surface area contributed by atoms with Crippen molar-refractivity contribution in [3.63, 3.8) is 0 Å². The van der Waals surface area contributed by atoms with Crippen molar-refractivity contribution in [3.05, 3.63) is 0 Å². The van der Waals surface area contributed by atoms with Gasteiger partial charge in [-0.05, 0) is 0 Å². The van der Waals surface area contributed by atoms with E-state index < -0.39 is 12.2 Å². The third-order valence-electron chi connectivity index (χ3n) is 1.04. The summed E-state index contributed by atoms with van der Waals surface area (Å²) in [5.41, 5.74) is 0. The van der Waals surface area contributed by atoms with E-state index in [-0.39, 0.29) is 13.0 Å². The van der Waals surface area contributed by atoms with Gasteiger partial charge in [0.1, 0.15) is 0 Å². The minimum absolute atomic E-state index is 0.189. The number of rotatable bonds is 3. The van der Waals surface area contributed by atoms with Gasteiger partial charge in [-0.3, -0.25) is 0 Å². The highest BCUT2D eigenvalue weighted by Gasteiger charge is 2.12. The van der Waals surface area contributed by atoms with Crippen molar-refractivity contribution < 1.29 is 15.3 Å². The summed E-state index contributed by atoms with van der Waals surface area (Å²) >= 11 is 0. The standard InChI is InChI=1S/C6H10O3/c1-2-3-5(4-7)6(8)9/h1,5-9H,3-4H2/t5-/m0/s1. The lowest BCUT2D eigenvalue weighted by atomic mass is 10.1. The van der Waals surface area contributed by atoms with E-state index in [2.05, 4.69) is 5.92 Å². The molecule has 0 saturated heterocycles. The Hall–Kier alpha value is -0.560.